The lowest BCUT2D eigenvalue weighted by molar-refractivity contribution is 0.0443. The number of halogens is 3. The highest BCUT2D eigenvalue weighted by Gasteiger charge is 2.42. The Bertz CT molecular complexity index is 992. The van der Waals surface area contributed by atoms with Crippen molar-refractivity contribution in [2.75, 3.05) is 0 Å². The number of hydrogen-bond acceptors (Lipinski definition) is 3. The lowest BCUT2D eigenvalue weighted by atomic mass is 9.95. The Morgan fingerprint density at radius 1 is 1.03 bits per heavy atom. The van der Waals surface area contributed by atoms with Crippen LogP contribution in [0.5, 0.6) is 5.75 Å². The molecule has 2 unspecified atom stereocenters. The van der Waals surface area contributed by atoms with E-state index in [1.54, 1.807) is 24.3 Å². The maximum atomic E-state index is 14.5. The Labute approximate surface area is 190 Å². The summed E-state index contributed by atoms with van der Waals surface area (Å²) in [5.41, 5.74) is 1.72. The molecular weight excluding hydrogens is 440 g/mol. The largest absolute Gasteiger partial charge is 0.490 e. The molecule has 3 fully saturated rings. The Morgan fingerprint density at radius 3 is 2.26 bits per heavy atom. The molecule has 0 amide bonds. The van der Waals surface area contributed by atoms with Crippen LogP contribution >= 0.6 is 23.2 Å². The van der Waals surface area contributed by atoms with Crippen molar-refractivity contribution in [2.24, 2.45) is 0 Å². The molecule has 2 bridgehead atoms. The molecule has 1 saturated carbocycles. The predicted molar refractivity (Wildman–Crippen MR) is 118 cm³/mol. The van der Waals surface area contributed by atoms with Crippen molar-refractivity contribution in [1.29, 1.82) is 0 Å². The molecule has 5 rings (SSSR count). The van der Waals surface area contributed by atoms with E-state index < -0.39 is 11.8 Å². The van der Waals surface area contributed by atoms with Crippen LogP contribution in [0.15, 0.2) is 30.3 Å². The van der Waals surface area contributed by atoms with Crippen LogP contribution < -0.4 is 4.74 Å². The summed E-state index contributed by atoms with van der Waals surface area (Å²) < 4.78 is 20.7. The molecule has 7 heteroatoms. The van der Waals surface area contributed by atoms with Crippen LogP contribution in [0.1, 0.15) is 65.9 Å². The zero-order valence-electron chi connectivity index (χ0n) is 17.0. The summed E-state index contributed by atoms with van der Waals surface area (Å²) in [5, 5.41) is 10.4. The second-order valence-corrected chi connectivity index (χ2v) is 9.86. The van der Waals surface area contributed by atoms with Crippen LogP contribution in [0.2, 0.25) is 10.0 Å². The second-order valence-electron chi connectivity index (χ2n) is 8.98. The zero-order chi connectivity index (χ0) is 21.7. The molecule has 0 spiro atoms. The van der Waals surface area contributed by atoms with Gasteiger partial charge in [0.15, 0.2) is 0 Å². The molecule has 0 radical (unpaired) electrons. The summed E-state index contributed by atoms with van der Waals surface area (Å²) in [6, 6.07) is 9.01. The standard InChI is InChI=1S/C24H24Cl2FNO3/c25-15-6-16(26)8-19(7-15)31-20-9-17-3-4-18(10-20)28(17)12-14-5-23(27)22(24(29)30)11-21(14)13-1-2-13/h5-8,11,13,17-18,20H,1-4,9-10,12H2,(H,29,30)/t17-,18?,20?/m0/s1. The predicted octanol–water partition coefficient (Wildman–Crippen LogP) is 6.28. The SMILES string of the molecule is O=C(O)c1cc(C2CC2)c(CN2C3CC[C@H]2CC(Oc2cc(Cl)cc(Cl)c2)C3)cc1F. The van der Waals surface area contributed by atoms with Gasteiger partial charge in [0.1, 0.15) is 17.7 Å². The van der Waals surface area contributed by atoms with E-state index in [0.29, 0.717) is 40.3 Å². The van der Waals surface area contributed by atoms with Gasteiger partial charge in [-0.2, -0.15) is 0 Å². The highest BCUT2D eigenvalue weighted by atomic mass is 35.5. The first-order valence-corrected chi connectivity index (χ1v) is 11.6. The van der Waals surface area contributed by atoms with E-state index in [9.17, 15) is 14.3 Å². The lowest BCUT2D eigenvalue weighted by Gasteiger charge is -2.39. The summed E-state index contributed by atoms with van der Waals surface area (Å²) in [5.74, 6) is -0.794. The minimum atomic E-state index is -1.20. The van der Waals surface area contributed by atoms with Crippen molar-refractivity contribution in [3.05, 3.63) is 62.9 Å². The fourth-order valence-corrected chi connectivity index (χ4v) is 5.78. The van der Waals surface area contributed by atoms with Crippen molar-refractivity contribution >= 4 is 29.2 Å². The van der Waals surface area contributed by atoms with E-state index >= 15 is 0 Å². The third-order valence-corrected chi connectivity index (χ3v) is 7.25. The molecule has 3 aliphatic rings. The number of benzene rings is 2. The van der Waals surface area contributed by atoms with Gasteiger partial charge in [0, 0.05) is 28.7 Å². The van der Waals surface area contributed by atoms with Gasteiger partial charge in [-0.3, -0.25) is 4.90 Å². The number of nitrogens with zero attached hydrogens (tertiary/aromatic N) is 1. The van der Waals surface area contributed by atoms with Crippen LogP contribution in [0, 0.1) is 5.82 Å². The van der Waals surface area contributed by atoms with Crippen molar-refractivity contribution < 1.29 is 19.0 Å². The maximum Gasteiger partial charge on any atom is 0.338 e. The lowest BCUT2D eigenvalue weighted by Crippen LogP contribution is -2.45. The van der Waals surface area contributed by atoms with Crippen molar-refractivity contribution in [2.45, 2.75) is 69.2 Å². The van der Waals surface area contributed by atoms with E-state index in [4.69, 9.17) is 27.9 Å². The van der Waals surface area contributed by atoms with Gasteiger partial charge in [-0.15, -0.1) is 0 Å². The maximum absolute atomic E-state index is 14.5. The number of carboxylic acid groups (broad SMARTS) is 1. The highest BCUT2D eigenvalue weighted by molar-refractivity contribution is 6.34. The molecule has 3 atom stereocenters. The van der Waals surface area contributed by atoms with Crippen LogP contribution in [0.4, 0.5) is 4.39 Å². The van der Waals surface area contributed by atoms with Gasteiger partial charge < -0.3 is 9.84 Å². The quantitative estimate of drug-likeness (QED) is 0.547. The molecule has 2 heterocycles. The summed E-state index contributed by atoms with van der Waals surface area (Å²) in [6.07, 6.45) is 6.16. The summed E-state index contributed by atoms with van der Waals surface area (Å²) in [6.45, 7) is 0.660. The number of piperidine rings is 1. The minimum absolute atomic E-state index is 0.0947. The smallest absolute Gasteiger partial charge is 0.338 e. The van der Waals surface area contributed by atoms with Crippen LogP contribution in [0.3, 0.4) is 0 Å². The van der Waals surface area contributed by atoms with Crippen LogP contribution in [-0.2, 0) is 6.54 Å². The number of rotatable bonds is 6. The molecule has 164 valence electrons. The summed E-state index contributed by atoms with van der Waals surface area (Å²) >= 11 is 12.2. The van der Waals surface area contributed by atoms with E-state index in [2.05, 4.69) is 4.90 Å². The minimum Gasteiger partial charge on any atom is -0.490 e. The fourth-order valence-electron chi connectivity index (χ4n) is 5.27. The summed E-state index contributed by atoms with van der Waals surface area (Å²) in [7, 11) is 0. The van der Waals surface area contributed by atoms with Gasteiger partial charge in [0.05, 0.1) is 5.56 Å². The number of ether oxygens (including phenoxy) is 1. The Hall–Kier alpha value is -1.82. The first-order valence-electron chi connectivity index (χ1n) is 10.8. The fraction of sp³-hybridized carbons (Fsp3) is 0.458. The Balaban J connectivity index is 1.32. The molecule has 2 aromatic rings. The normalized spacial score (nSPS) is 25.6. The molecule has 31 heavy (non-hydrogen) atoms. The number of hydrogen-bond donors (Lipinski definition) is 1. The highest BCUT2D eigenvalue weighted by Crippen LogP contribution is 2.44. The van der Waals surface area contributed by atoms with Crippen LogP contribution in [0.25, 0.3) is 0 Å². The monoisotopic (exact) mass is 463 g/mol. The molecule has 2 aliphatic heterocycles. The molecule has 1 N–H and O–H groups in total. The van der Waals surface area contributed by atoms with E-state index in [0.717, 1.165) is 49.7 Å². The topological polar surface area (TPSA) is 49.8 Å². The van der Waals surface area contributed by atoms with Gasteiger partial charge in [-0.05, 0) is 85.9 Å². The van der Waals surface area contributed by atoms with Crippen molar-refractivity contribution in [3.63, 3.8) is 0 Å². The molecule has 0 aromatic heterocycles. The molecular formula is C24H24Cl2FNO3. The number of carbonyl (C=O) groups is 1. The number of carboxylic acids is 1. The van der Waals surface area contributed by atoms with E-state index in [1.807, 2.05) is 0 Å². The van der Waals surface area contributed by atoms with E-state index in [-0.39, 0.29) is 11.7 Å². The first kappa shape index (κ1) is 21.0. The average molecular weight is 464 g/mol. The van der Waals surface area contributed by atoms with Gasteiger partial charge in [0.2, 0.25) is 0 Å². The van der Waals surface area contributed by atoms with Crippen molar-refractivity contribution in [1.82, 2.24) is 4.90 Å². The summed E-state index contributed by atoms with van der Waals surface area (Å²) in [4.78, 5) is 13.8. The third-order valence-electron chi connectivity index (χ3n) is 6.81. The number of fused-ring (bicyclic) bond motifs is 2. The zero-order valence-corrected chi connectivity index (χ0v) is 18.5. The first-order chi connectivity index (χ1) is 14.9. The van der Waals surface area contributed by atoms with Gasteiger partial charge in [-0.1, -0.05) is 23.2 Å². The molecule has 2 aromatic carbocycles. The van der Waals surface area contributed by atoms with Gasteiger partial charge in [0.25, 0.3) is 0 Å². The van der Waals surface area contributed by atoms with Crippen molar-refractivity contribution in [3.8, 4) is 5.75 Å². The van der Waals surface area contributed by atoms with E-state index in [1.165, 1.54) is 6.07 Å². The van der Waals surface area contributed by atoms with Crippen LogP contribution in [-0.4, -0.2) is 34.2 Å². The molecule has 1 aliphatic carbocycles. The molecule has 2 saturated heterocycles. The second kappa shape index (κ2) is 8.27. The van der Waals surface area contributed by atoms with Gasteiger partial charge >= 0.3 is 5.97 Å². The van der Waals surface area contributed by atoms with Gasteiger partial charge in [-0.25, -0.2) is 9.18 Å². The molecule has 4 nitrogen and oxygen atoms in total. The average Bonchev–Trinajstić information content (AvgIpc) is 3.48. The Kier molecular flexibility index (Phi) is 5.61. The number of aromatic carboxylic acids is 1. The third kappa shape index (κ3) is 4.41. The Morgan fingerprint density at radius 2 is 1.68 bits per heavy atom.